The molecule has 1 heterocycles. The summed E-state index contributed by atoms with van der Waals surface area (Å²) in [6, 6.07) is 7.17. The average molecular weight is 297 g/mol. The first-order valence-electron chi connectivity index (χ1n) is 6.44. The number of amides is 2. The third kappa shape index (κ3) is 3.42. The van der Waals surface area contributed by atoms with Crippen LogP contribution in [0.25, 0.3) is 0 Å². The predicted octanol–water partition coefficient (Wildman–Crippen LogP) is 2.30. The van der Waals surface area contributed by atoms with Gasteiger partial charge in [-0.2, -0.15) is 0 Å². The molecule has 1 aliphatic heterocycles. The Morgan fingerprint density at radius 2 is 2.05 bits per heavy atom. The largest absolute Gasteiger partial charge is 0.481 e. The minimum absolute atomic E-state index is 0.135. The molecule has 5 nitrogen and oxygen atoms in total. The number of halogens is 1. The van der Waals surface area contributed by atoms with Crippen molar-refractivity contribution in [2.45, 2.75) is 13.0 Å². The van der Waals surface area contributed by atoms with Crippen LogP contribution in [0, 0.1) is 5.92 Å². The Hall–Kier alpha value is -1.75. The molecule has 6 heteroatoms. The first-order chi connectivity index (χ1) is 9.47. The fourth-order valence-electron chi connectivity index (χ4n) is 2.31. The Labute approximate surface area is 122 Å². The summed E-state index contributed by atoms with van der Waals surface area (Å²) in [5, 5.41) is 9.61. The molecule has 0 radical (unpaired) electrons. The zero-order chi connectivity index (χ0) is 14.7. The lowest BCUT2D eigenvalue weighted by Gasteiger charge is -2.24. The van der Waals surface area contributed by atoms with Crippen molar-refractivity contribution in [2.75, 3.05) is 20.1 Å². The second kappa shape index (κ2) is 6.13. The Balaban J connectivity index is 1.92. The number of benzene rings is 1. The summed E-state index contributed by atoms with van der Waals surface area (Å²) >= 11 is 5.82. The lowest BCUT2D eigenvalue weighted by Crippen LogP contribution is -2.39. The average Bonchev–Trinajstić information content (AvgIpc) is 2.90. The molecule has 0 aromatic heterocycles. The second-order valence-corrected chi connectivity index (χ2v) is 5.47. The highest BCUT2D eigenvalue weighted by Gasteiger charge is 2.32. The molecule has 2 rings (SSSR count). The van der Waals surface area contributed by atoms with E-state index in [0.29, 0.717) is 31.1 Å². The van der Waals surface area contributed by atoms with Gasteiger partial charge in [-0.1, -0.05) is 23.7 Å². The highest BCUT2D eigenvalue weighted by atomic mass is 35.5. The van der Waals surface area contributed by atoms with Crippen molar-refractivity contribution in [2.24, 2.45) is 5.92 Å². The molecule has 1 atom stereocenters. The lowest BCUT2D eigenvalue weighted by atomic mass is 10.1. The third-order valence-corrected chi connectivity index (χ3v) is 3.72. The number of likely N-dealkylation sites (tertiary alicyclic amines) is 1. The molecule has 1 N–H and O–H groups in total. The number of carbonyl (C=O) groups is 2. The van der Waals surface area contributed by atoms with E-state index in [1.54, 1.807) is 29.0 Å². The van der Waals surface area contributed by atoms with Crippen LogP contribution in [0.2, 0.25) is 5.02 Å². The summed E-state index contributed by atoms with van der Waals surface area (Å²) in [5.74, 6) is -1.27. The third-order valence-electron chi connectivity index (χ3n) is 3.47. The molecule has 0 aliphatic carbocycles. The number of nitrogens with zero attached hydrogens (tertiary/aromatic N) is 2. The molecule has 20 heavy (non-hydrogen) atoms. The van der Waals surface area contributed by atoms with Crippen LogP contribution in [-0.2, 0) is 11.3 Å². The Morgan fingerprint density at radius 1 is 1.40 bits per heavy atom. The Kier molecular flexibility index (Phi) is 4.49. The lowest BCUT2D eigenvalue weighted by molar-refractivity contribution is -0.141. The number of carboxylic acid groups (broad SMARTS) is 1. The van der Waals surface area contributed by atoms with Gasteiger partial charge in [0.15, 0.2) is 0 Å². The van der Waals surface area contributed by atoms with E-state index in [1.807, 2.05) is 12.1 Å². The van der Waals surface area contributed by atoms with Crippen LogP contribution >= 0.6 is 11.6 Å². The summed E-state index contributed by atoms with van der Waals surface area (Å²) in [6.45, 7) is 1.27. The summed E-state index contributed by atoms with van der Waals surface area (Å²) in [7, 11) is 1.71. The van der Waals surface area contributed by atoms with E-state index in [4.69, 9.17) is 16.7 Å². The summed E-state index contributed by atoms with van der Waals surface area (Å²) in [5.41, 5.74) is 0.985. The van der Waals surface area contributed by atoms with Crippen molar-refractivity contribution in [3.63, 3.8) is 0 Å². The van der Waals surface area contributed by atoms with Crippen molar-refractivity contribution in [1.29, 1.82) is 0 Å². The minimum atomic E-state index is -0.833. The van der Waals surface area contributed by atoms with Gasteiger partial charge in [-0.05, 0) is 24.1 Å². The normalized spacial score (nSPS) is 18.1. The molecule has 1 aromatic rings. The number of hydrogen-bond acceptors (Lipinski definition) is 2. The monoisotopic (exact) mass is 296 g/mol. The fourth-order valence-corrected chi connectivity index (χ4v) is 2.43. The van der Waals surface area contributed by atoms with Crippen LogP contribution in [-0.4, -0.2) is 47.0 Å². The van der Waals surface area contributed by atoms with Crippen molar-refractivity contribution in [3.05, 3.63) is 34.9 Å². The van der Waals surface area contributed by atoms with Crippen molar-refractivity contribution in [1.82, 2.24) is 9.80 Å². The van der Waals surface area contributed by atoms with Crippen LogP contribution < -0.4 is 0 Å². The standard InChI is InChI=1S/C14H17ClN2O3/c1-16(8-10-2-4-12(15)5-3-10)14(20)17-7-6-11(9-17)13(18)19/h2-5,11H,6-9H2,1H3,(H,18,19). The van der Waals surface area contributed by atoms with E-state index in [2.05, 4.69) is 0 Å². The van der Waals surface area contributed by atoms with Gasteiger partial charge in [0.25, 0.3) is 0 Å². The quantitative estimate of drug-likeness (QED) is 0.931. The molecule has 0 saturated carbocycles. The van der Waals surface area contributed by atoms with Gasteiger partial charge in [0, 0.05) is 31.7 Å². The van der Waals surface area contributed by atoms with Crippen LogP contribution in [0.15, 0.2) is 24.3 Å². The smallest absolute Gasteiger partial charge is 0.320 e. The Morgan fingerprint density at radius 3 is 2.60 bits per heavy atom. The maximum absolute atomic E-state index is 12.2. The van der Waals surface area contributed by atoms with E-state index in [0.717, 1.165) is 5.56 Å². The molecule has 1 aliphatic rings. The van der Waals surface area contributed by atoms with E-state index in [1.165, 1.54) is 0 Å². The molecular formula is C14H17ClN2O3. The van der Waals surface area contributed by atoms with Gasteiger partial charge in [0.05, 0.1) is 5.92 Å². The molecule has 0 spiro atoms. The molecule has 1 aromatic carbocycles. The van der Waals surface area contributed by atoms with E-state index >= 15 is 0 Å². The van der Waals surface area contributed by atoms with E-state index < -0.39 is 11.9 Å². The topological polar surface area (TPSA) is 60.9 Å². The van der Waals surface area contributed by atoms with Crippen LogP contribution in [0.1, 0.15) is 12.0 Å². The van der Waals surface area contributed by atoms with E-state index in [9.17, 15) is 9.59 Å². The Bertz CT molecular complexity index is 504. The van der Waals surface area contributed by atoms with E-state index in [-0.39, 0.29) is 6.03 Å². The molecule has 1 unspecified atom stereocenters. The number of rotatable bonds is 3. The molecule has 108 valence electrons. The maximum atomic E-state index is 12.2. The van der Waals surface area contributed by atoms with Crippen molar-refractivity contribution >= 4 is 23.6 Å². The number of urea groups is 1. The van der Waals surface area contributed by atoms with Gasteiger partial charge >= 0.3 is 12.0 Å². The molecule has 0 bridgehead atoms. The highest BCUT2D eigenvalue weighted by molar-refractivity contribution is 6.30. The molecule has 2 amide bonds. The highest BCUT2D eigenvalue weighted by Crippen LogP contribution is 2.18. The maximum Gasteiger partial charge on any atom is 0.320 e. The van der Waals surface area contributed by atoms with Crippen molar-refractivity contribution < 1.29 is 14.7 Å². The van der Waals surface area contributed by atoms with Crippen LogP contribution in [0.5, 0.6) is 0 Å². The summed E-state index contributed by atoms with van der Waals surface area (Å²) < 4.78 is 0. The van der Waals surface area contributed by atoms with Gasteiger partial charge in [0.2, 0.25) is 0 Å². The fraction of sp³-hybridized carbons (Fsp3) is 0.429. The zero-order valence-corrected chi connectivity index (χ0v) is 12.0. The number of hydrogen-bond donors (Lipinski definition) is 1. The minimum Gasteiger partial charge on any atom is -0.481 e. The van der Waals surface area contributed by atoms with Gasteiger partial charge in [0.1, 0.15) is 0 Å². The second-order valence-electron chi connectivity index (χ2n) is 5.03. The molecule has 1 saturated heterocycles. The first-order valence-corrected chi connectivity index (χ1v) is 6.82. The first kappa shape index (κ1) is 14.7. The molecule has 1 fully saturated rings. The van der Waals surface area contributed by atoms with Gasteiger partial charge < -0.3 is 14.9 Å². The summed E-state index contributed by atoms with van der Waals surface area (Å²) in [4.78, 5) is 26.3. The van der Waals surface area contributed by atoms with Crippen molar-refractivity contribution in [3.8, 4) is 0 Å². The number of carboxylic acids is 1. The van der Waals surface area contributed by atoms with Crippen LogP contribution in [0.3, 0.4) is 0 Å². The predicted molar refractivity (Wildman–Crippen MR) is 75.6 cm³/mol. The zero-order valence-electron chi connectivity index (χ0n) is 11.3. The molecular weight excluding hydrogens is 280 g/mol. The van der Waals surface area contributed by atoms with Gasteiger partial charge in [-0.15, -0.1) is 0 Å². The SMILES string of the molecule is CN(Cc1ccc(Cl)cc1)C(=O)N1CCC(C(=O)O)C1. The number of carbonyl (C=O) groups excluding carboxylic acids is 1. The van der Waals surface area contributed by atoms with Gasteiger partial charge in [-0.25, -0.2) is 4.79 Å². The van der Waals surface area contributed by atoms with Gasteiger partial charge in [-0.3, -0.25) is 4.79 Å². The summed E-state index contributed by atoms with van der Waals surface area (Å²) in [6.07, 6.45) is 0.524. The number of aliphatic carboxylic acids is 1. The van der Waals surface area contributed by atoms with Crippen LogP contribution in [0.4, 0.5) is 4.79 Å².